The summed E-state index contributed by atoms with van der Waals surface area (Å²) in [7, 11) is 0. The molecule has 0 radical (unpaired) electrons. The molecule has 368 valence electrons. The van der Waals surface area contributed by atoms with Crippen molar-refractivity contribution < 1.29 is 119 Å². The summed E-state index contributed by atoms with van der Waals surface area (Å²) in [6.45, 7) is 14.9. The van der Waals surface area contributed by atoms with E-state index in [4.69, 9.17) is 31.6 Å². The summed E-state index contributed by atoms with van der Waals surface area (Å²) in [5.41, 5.74) is 10.5. The Kier molecular flexibility index (Phi) is 30.0. The van der Waals surface area contributed by atoms with Gasteiger partial charge in [-0.15, -0.1) is 0 Å². The van der Waals surface area contributed by atoms with Gasteiger partial charge in [-0.2, -0.15) is 0 Å². The van der Waals surface area contributed by atoms with Crippen molar-refractivity contribution in [1.29, 1.82) is 0 Å². The van der Waals surface area contributed by atoms with Crippen LogP contribution in [0.15, 0.2) is 79.3 Å². The minimum absolute atomic E-state index is 0. The fraction of sp³-hybridized carbons (Fsp3) is 0.519. The summed E-state index contributed by atoms with van der Waals surface area (Å²) < 4.78 is 0. The number of nitrogens with one attached hydrogen (secondary N) is 2. The third-order valence-corrected chi connectivity index (χ3v) is 13.1. The molecule has 0 atom stereocenters. The normalized spacial score (nSPS) is 17.2. The van der Waals surface area contributed by atoms with Gasteiger partial charge in [0.05, 0.1) is 0 Å². The number of hydrogen-bond donors (Lipinski definition) is 2. The van der Waals surface area contributed by atoms with Crippen LogP contribution in [0.2, 0.25) is 5.28 Å². The first-order valence-electron chi connectivity index (χ1n) is 24.4. The number of aromatic nitrogens is 6. The Morgan fingerprint density at radius 1 is 0.543 bits per heavy atom. The van der Waals surface area contributed by atoms with Crippen LogP contribution in [0.3, 0.4) is 0 Å². The molecule has 0 amide bonds. The van der Waals surface area contributed by atoms with E-state index >= 15 is 0 Å². The smallest absolute Gasteiger partial charge is 1.00 e. The van der Waals surface area contributed by atoms with E-state index in [2.05, 4.69) is 122 Å². The minimum Gasteiger partial charge on any atom is -1.00 e. The summed E-state index contributed by atoms with van der Waals surface area (Å²) in [6.07, 6.45) is 20.3. The topological polar surface area (TPSA) is 164 Å². The number of carbonyl (C=O) groups is 1. The molecule has 3 saturated heterocycles. The molecule has 18 heteroatoms. The van der Waals surface area contributed by atoms with Crippen LogP contribution in [0.1, 0.15) is 92.3 Å². The molecule has 2 aromatic carbocycles. The number of nitrogens with zero attached hydrogens (tertiary/aromatic N) is 10. The average molecular weight is 1030 g/mol. The van der Waals surface area contributed by atoms with Crippen LogP contribution in [0.5, 0.6) is 0 Å². The van der Waals surface area contributed by atoms with E-state index < -0.39 is 0 Å². The third-order valence-electron chi connectivity index (χ3n) is 12.9. The number of fused-ring (bicyclic) bond motifs is 3. The molecule has 11 rings (SSSR count). The molecule has 6 aliphatic rings. The van der Waals surface area contributed by atoms with E-state index in [1.54, 1.807) is 0 Å². The van der Waals surface area contributed by atoms with Crippen LogP contribution < -0.4 is 128 Å². The van der Waals surface area contributed by atoms with Crippen LogP contribution in [0, 0.1) is 0 Å². The maximum absolute atomic E-state index is 8.64. The summed E-state index contributed by atoms with van der Waals surface area (Å²) in [4.78, 5) is 47.7. The molecule has 15 nitrogen and oxygen atoms in total. The predicted molar refractivity (Wildman–Crippen MR) is 270 cm³/mol. The first kappa shape index (κ1) is 60.7. The molecule has 5 aromatic rings. The molecular formula is C52H73ClK2N12O3. The summed E-state index contributed by atoms with van der Waals surface area (Å²) in [5, 5.41) is 15.5. The van der Waals surface area contributed by atoms with E-state index in [1.165, 1.54) is 90.8 Å². The standard InChI is InChI=1S/C19H24N4.C12H18N4.C11H16N2.C8H9ClN2.CH2O3.CH4.2K.H/c1-2-6-16(7-3-1)15-22-10-12-23(13-11-22)19-20-14-17-8-4-5-9-18(17)21-19;1-2-4-11-10(3-1)9-14-12(15-11)16-7-5-13-6-8-16;1-2-4-11(5-3-1)10-13-8-6-12-7-9-13;9-8-10-5-6-3-1-2-4-7(6)11-8;2-1-4-3;;;;/h1-3,6-7,14H,4-5,8-13,15H2;9,13H,1-8H2;1-5,12H,6-10H2;5H,1-4H2;1,3H;1H4;;;/q;;;;;;2*+1;-1/p-1. The monoisotopic (exact) mass is 1030 g/mol. The zero-order valence-corrected chi connectivity index (χ0v) is 48.0. The van der Waals surface area contributed by atoms with E-state index in [0.29, 0.717) is 5.28 Å². The van der Waals surface area contributed by atoms with Gasteiger partial charge in [0.1, 0.15) is 0 Å². The number of rotatable bonds is 7. The Labute approximate surface area is 508 Å². The first-order valence-corrected chi connectivity index (χ1v) is 24.8. The number of carbonyl (C=O) groups excluding carboxylic acids is 1. The van der Waals surface area contributed by atoms with Gasteiger partial charge in [-0.1, -0.05) is 68.1 Å². The Bertz CT molecular complexity index is 2230. The molecular weight excluding hydrogens is 954 g/mol. The van der Waals surface area contributed by atoms with Crippen LogP contribution in [-0.4, -0.2) is 125 Å². The van der Waals surface area contributed by atoms with Gasteiger partial charge in [-0.3, -0.25) is 14.6 Å². The van der Waals surface area contributed by atoms with Crippen molar-refractivity contribution in [1.82, 2.24) is 50.3 Å². The second kappa shape index (κ2) is 34.6. The van der Waals surface area contributed by atoms with Gasteiger partial charge < -0.3 is 32.0 Å². The van der Waals surface area contributed by atoms with Gasteiger partial charge in [-0.05, 0) is 116 Å². The van der Waals surface area contributed by atoms with Gasteiger partial charge in [0.25, 0.3) is 6.47 Å². The third kappa shape index (κ3) is 20.4. The molecule has 70 heavy (non-hydrogen) atoms. The molecule has 3 aromatic heterocycles. The number of halogens is 1. The molecule has 3 aliphatic heterocycles. The van der Waals surface area contributed by atoms with Gasteiger partial charge in [0, 0.05) is 127 Å². The van der Waals surface area contributed by atoms with Crippen LogP contribution in [-0.2, 0) is 61.3 Å². The van der Waals surface area contributed by atoms with Gasteiger partial charge >= 0.3 is 103 Å². The molecule has 0 spiro atoms. The number of hydrogen-bond acceptors (Lipinski definition) is 15. The Morgan fingerprint density at radius 3 is 1.36 bits per heavy atom. The number of piperazine rings is 3. The number of aryl methyl sites for hydroxylation is 6. The molecule has 0 unspecified atom stereocenters. The minimum atomic E-state index is -0.181. The maximum atomic E-state index is 8.64. The van der Waals surface area contributed by atoms with Gasteiger partial charge in [0.15, 0.2) is 0 Å². The van der Waals surface area contributed by atoms with Crippen LogP contribution in [0.25, 0.3) is 0 Å². The Morgan fingerprint density at radius 2 is 0.914 bits per heavy atom. The number of benzene rings is 2. The SMILES string of the molecule is C.Clc1ncc2c(n1)CCCC2.O=CO[O-].[H-].[K+].[K+].c1ccc(CN2CCN(c3ncc4c(n3)CCCC4)CC2)cc1.c1ccc(CN2CCNCC2)cc1.c1nc(N2CCNCC2)nc2c1CCCC2. The quantitative estimate of drug-likeness (QED) is 0.0721. The summed E-state index contributed by atoms with van der Waals surface area (Å²) in [6, 6.07) is 21.4. The first-order chi connectivity index (χ1) is 33.0. The van der Waals surface area contributed by atoms with Gasteiger partial charge in [-0.25, -0.2) is 29.9 Å². The second-order valence-corrected chi connectivity index (χ2v) is 18.0. The van der Waals surface area contributed by atoms with Crippen LogP contribution >= 0.6 is 11.6 Å². The molecule has 3 fully saturated rings. The van der Waals surface area contributed by atoms with E-state index in [1.807, 2.05) is 12.4 Å². The largest absolute Gasteiger partial charge is 1.00 e. The van der Waals surface area contributed by atoms with Crippen molar-refractivity contribution in [3.8, 4) is 0 Å². The summed E-state index contributed by atoms with van der Waals surface area (Å²) >= 11 is 5.65. The molecule has 0 bridgehead atoms. The Hall–Kier alpha value is -1.89. The van der Waals surface area contributed by atoms with Crippen LogP contribution in [0.4, 0.5) is 11.9 Å². The number of anilines is 2. The van der Waals surface area contributed by atoms with Crippen molar-refractivity contribution in [2.45, 2.75) is 97.6 Å². The predicted octanol–water partition coefficient (Wildman–Crippen LogP) is -0.265. The van der Waals surface area contributed by atoms with Crippen molar-refractivity contribution in [2.24, 2.45) is 0 Å². The maximum Gasteiger partial charge on any atom is 1.00 e. The van der Waals surface area contributed by atoms with Crippen molar-refractivity contribution >= 4 is 30.0 Å². The zero-order valence-electron chi connectivity index (χ0n) is 42.0. The molecule has 6 heterocycles. The summed E-state index contributed by atoms with van der Waals surface area (Å²) in [5.74, 6) is 1.87. The van der Waals surface area contributed by atoms with Crippen molar-refractivity contribution in [3.05, 3.63) is 129 Å². The average Bonchev–Trinajstić information content (AvgIpc) is 3.40. The molecule has 3 aliphatic carbocycles. The Balaban J connectivity index is 0.000000247. The molecule has 0 saturated carbocycles. The zero-order chi connectivity index (χ0) is 46.3. The fourth-order valence-corrected chi connectivity index (χ4v) is 9.36. The van der Waals surface area contributed by atoms with E-state index in [-0.39, 0.29) is 118 Å². The van der Waals surface area contributed by atoms with Gasteiger partial charge in [0.2, 0.25) is 17.2 Å². The second-order valence-electron chi connectivity index (χ2n) is 17.7. The van der Waals surface area contributed by atoms with Crippen molar-refractivity contribution in [2.75, 3.05) is 88.3 Å². The van der Waals surface area contributed by atoms with E-state index in [9.17, 15) is 0 Å². The van der Waals surface area contributed by atoms with E-state index in [0.717, 1.165) is 135 Å². The van der Waals surface area contributed by atoms with Crippen molar-refractivity contribution in [3.63, 3.8) is 0 Å². The fourth-order valence-electron chi connectivity index (χ4n) is 9.21. The molecule has 2 N–H and O–H groups in total.